The fourth-order valence-electron chi connectivity index (χ4n) is 3.58. The molecule has 1 saturated carbocycles. The number of hydrogen-bond donors (Lipinski definition) is 1. The van der Waals surface area contributed by atoms with E-state index in [-0.39, 0.29) is 27.7 Å². The van der Waals surface area contributed by atoms with Crippen molar-refractivity contribution in [2.45, 2.75) is 56.9 Å². The zero-order chi connectivity index (χ0) is 21.6. The number of ether oxygens (including phenoxy) is 1. The van der Waals surface area contributed by atoms with Gasteiger partial charge in [0.15, 0.2) is 0 Å². The van der Waals surface area contributed by atoms with E-state index in [1.165, 1.54) is 12.1 Å². The Morgan fingerprint density at radius 1 is 1.21 bits per heavy atom. The van der Waals surface area contributed by atoms with E-state index in [2.05, 4.69) is 27.2 Å². The fraction of sp³-hybridized carbons (Fsp3) is 0.524. The molecule has 0 aliphatic heterocycles. The molecule has 1 aliphatic carbocycles. The minimum atomic E-state index is -4.05. The predicted octanol–water partition coefficient (Wildman–Crippen LogP) is 3.88. The van der Waals surface area contributed by atoms with Gasteiger partial charge in [0.1, 0.15) is 11.8 Å². The highest BCUT2D eigenvalue weighted by Gasteiger charge is 2.41. The first-order valence-corrected chi connectivity index (χ1v) is 12.1. The fourth-order valence-corrected chi connectivity index (χ4v) is 5.26. The number of carbonyl (C=O) groups excluding carboxylic acids is 2. The van der Waals surface area contributed by atoms with Gasteiger partial charge in [0.05, 0.1) is 17.4 Å². The molecule has 0 saturated heterocycles. The van der Waals surface area contributed by atoms with Crippen LogP contribution in [-0.4, -0.2) is 32.8 Å². The summed E-state index contributed by atoms with van der Waals surface area (Å²) in [6.45, 7) is 7.35. The Kier molecular flexibility index (Phi) is 8.60. The van der Waals surface area contributed by atoms with Crippen LogP contribution in [0.4, 0.5) is 0 Å². The van der Waals surface area contributed by atoms with E-state index in [0.717, 1.165) is 37.7 Å². The average Bonchev–Trinajstić information content (AvgIpc) is 2.68. The summed E-state index contributed by atoms with van der Waals surface area (Å²) in [5.74, 6) is -2.24. The molecule has 8 heteroatoms. The Hall–Kier alpha value is -1.51. The van der Waals surface area contributed by atoms with E-state index in [1.54, 1.807) is 19.1 Å². The van der Waals surface area contributed by atoms with Crippen LogP contribution in [0.2, 0.25) is 0 Å². The Balaban J connectivity index is 2.38. The highest BCUT2D eigenvalue weighted by Crippen LogP contribution is 2.32. The molecule has 0 heterocycles. The van der Waals surface area contributed by atoms with Crippen LogP contribution < -0.4 is 4.72 Å². The van der Waals surface area contributed by atoms with Gasteiger partial charge in [-0.15, -0.1) is 0 Å². The summed E-state index contributed by atoms with van der Waals surface area (Å²) in [7, 11) is -4.05. The van der Waals surface area contributed by atoms with Crippen molar-refractivity contribution in [3.8, 4) is 0 Å². The second-order valence-electron chi connectivity index (χ2n) is 7.33. The third-order valence-corrected chi connectivity index (χ3v) is 7.09. The highest BCUT2D eigenvalue weighted by molar-refractivity contribution is 9.11. The van der Waals surface area contributed by atoms with Crippen molar-refractivity contribution >= 4 is 37.7 Å². The molecule has 1 aliphatic rings. The van der Waals surface area contributed by atoms with E-state index in [4.69, 9.17) is 4.74 Å². The summed E-state index contributed by atoms with van der Waals surface area (Å²) >= 11 is 3.24. The first-order chi connectivity index (χ1) is 13.7. The lowest BCUT2D eigenvalue weighted by Gasteiger charge is -2.29. The lowest BCUT2D eigenvalue weighted by atomic mass is 9.79. The summed E-state index contributed by atoms with van der Waals surface area (Å²) in [6.07, 6.45) is 4.42. The number of halogens is 1. The van der Waals surface area contributed by atoms with Gasteiger partial charge in [0.2, 0.25) is 10.0 Å². The summed E-state index contributed by atoms with van der Waals surface area (Å²) in [6, 6.07) is 4.87. The first-order valence-electron chi connectivity index (χ1n) is 9.81. The third kappa shape index (κ3) is 6.23. The third-order valence-electron chi connectivity index (χ3n) is 5.14. The maximum Gasteiger partial charge on any atom is 0.325 e. The van der Waals surface area contributed by atoms with Crippen LogP contribution in [0.1, 0.15) is 44.6 Å². The molecule has 2 rings (SSSR count). The topological polar surface area (TPSA) is 89.5 Å². The van der Waals surface area contributed by atoms with Gasteiger partial charge in [0, 0.05) is 10.4 Å². The smallest absolute Gasteiger partial charge is 0.325 e. The van der Waals surface area contributed by atoms with Crippen LogP contribution in [0, 0.1) is 18.8 Å². The Bertz CT molecular complexity index is 844. The van der Waals surface area contributed by atoms with E-state index in [0.29, 0.717) is 0 Å². The quantitative estimate of drug-likeness (QED) is 0.536. The Labute approximate surface area is 181 Å². The van der Waals surface area contributed by atoms with E-state index < -0.39 is 28.0 Å². The Morgan fingerprint density at radius 3 is 2.31 bits per heavy atom. The molecule has 0 amide bonds. The molecule has 160 valence electrons. The average molecular weight is 486 g/mol. The number of aryl methyl sites for hydroxylation is 1. The van der Waals surface area contributed by atoms with Crippen molar-refractivity contribution in [1.82, 2.24) is 4.72 Å². The zero-order valence-corrected chi connectivity index (χ0v) is 19.2. The van der Waals surface area contributed by atoms with Gasteiger partial charge in [0.25, 0.3) is 0 Å². The van der Waals surface area contributed by atoms with Gasteiger partial charge in [-0.3, -0.25) is 9.59 Å². The van der Waals surface area contributed by atoms with E-state index >= 15 is 0 Å². The molecule has 0 spiro atoms. The van der Waals surface area contributed by atoms with Crippen molar-refractivity contribution in [2.75, 3.05) is 6.61 Å². The molecule has 1 fully saturated rings. The van der Waals surface area contributed by atoms with E-state index in [1.807, 2.05) is 6.92 Å². The number of ketones is 1. The molecule has 0 bridgehead atoms. The number of sulfonamides is 1. The molecular weight excluding hydrogens is 458 g/mol. The monoisotopic (exact) mass is 485 g/mol. The van der Waals surface area contributed by atoms with Crippen molar-refractivity contribution < 1.29 is 22.7 Å². The minimum absolute atomic E-state index is 0.0152. The summed E-state index contributed by atoms with van der Waals surface area (Å²) in [4.78, 5) is 25.9. The molecule has 0 aromatic heterocycles. The number of benzene rings is 1. The number of carbonyl (C=O) groups is 2. The van der Waals surface area contributed by atoms with Gasteiger partial charge in [-0.1, -0.05) is 59.5 Å². The van der Waals surface area contributed by atoms with Crippen LogP contribution in [0.5, 0.6) is 0 Å². The predicted molar refractivity (Wildman–Crippen MR) is 115 cm³/mol. The number of esters is 1. The van der Waals surface area contributed by atoms with Gasteiger partial charge in [-0.05, 0) is 38.8 Å². The maximum absolute atomic E-state index is 13.2. The van der Waals surface area contributed by atoms with Crippen LogP contribution in [0.3, 0.4) is 0 Å². The first kappa shape index (κ1) is 23.8. The van der Waals surface area contributed by atoms with Gasteiger partial charge in [-0.25, -0.2) is 8.42 Å². The van der Waals surface area contributed by atoms with Gasteiger partial charge >= 0.3 is 5.97 Å². The van der Waals surface area contributed by atoms with Gasteiger partial charge in [-0.2, -0.15) is 4.72 Å². The molecule has 1 aromatic rings. The standard InChI is InChI=1S/C21H28BrNO5S/c1-4-28-21(25)19(23-29(26,27)17-12-10-14(2)11-13-17)18(15(3)22)20(24)16-8-6-5-7-9-16/h10-13,16,18-19,23H,3-9H2,1-2H3/t18-,19+/m1/s1. The second-order valence-corrected chi connectivity index (χ2v) is 10.1. The maximum atomic E-state index is 13.2. The lowest BCUT2D eigenvalue weighted by Crippen LogP contribution is -2.50. The van der Waals surface area contributed by atoms with Crippen molar-refractivity contribution in [3.05, 3.63) is 40.9 Å². The highest BCUT2D eigenvalue weighted by atomic mass is 79.9. The second kappa shape index (κ2) is 10.5. The number of rotatable bonds is 9. The van der Waals surface area contributed by atoms with Crippen LogP contribution in [0.15, 0.2) is 40.2 Å². The largest absolute Gasteiger partial charge is 0.465 e. The zero-order valence-electron chi connectivity index (χ0n) is 16.8. The van der Waals surface area contributed by atoms with Crippen molar-refractivity contribution in [1.29, 1.82) is 0 Å². The molecule has 0 unspecified atom stereocenters. The van der Waals surface area contributed by atoms with Crippen molar-refractivity contribution in [2.24, 2.45) is 11.8 Å². The lowest BCUT2D eigenvalue weighted by molar-refractivity contribution is -0.148. The summed E-state index contributed by atoms with van der Waals surface area (Å²) in [5.41, 5.74) is 0.907. The SMILES string of the molecule is C=C(Br)[C@@H](C(=O)C1CCCCC1)[C@H](NS(=O)(=O)c1ccc(C)cc1)C(=O)OCC. The van der Waals surface area contributed by atoms with Gasteiger partial charge < -0.3 is 4.74 Å². The summed E-state index contributed by atoms with van der Waals surface area (Å²) < 4.78 is 33.6. The molecule has 0 radical (unpaired) electrons. The van der Waals surface area contributed by atoms with E-state index in [9.17, 15) is 18.0 Å². The van der Waals surface area contributed by atoms with Crippen LogP contribution in [0.25, 0.3) is 0 Å². The molecular formula is C21H28BrNO5S. The Morgan fingerprint density at radius 2 is 1.79 bits per heavy atom. The number of Topliss-reactive ketones (excluding diaryl/α,β-unsaturated/α-hetero) is 1. The minimum Gasteiger partial charge on any atom is -0.465 e. The van der Waals surface area contributed by atoms with Crippen molar-refractivity contribution in [3.63, 3.8) is 0 Å². The molecule has 2 atom stereocenters. The van der Waals surface area contributed by atoms with Crippen LogP contribution >= 0.6 is 15.9 Å². The normalized spacial score (nSPS) is 17.3. The van der Waals surface area contributed by atoms with Crippen LogP contribution in [-0.2, 0) is 24.3 Å². The molecule has 6 nitrogen and oxygen atoms in total. The molecule has 1 aromatic carbocycles. The molecule has 1 N–H and O–H groups in total. The molecule has 29 heavy (non-hydrogen) atoms. The number of hydrogen-bond acceptors (Lipinski definition) is 5. The summed E-state index contributed by atoms with van der Waals surface area (Å²) in [5, 5.41) is 0. The number of nitrogens with one attached hydrogen (secondary N) is 1.